The van der Waals surface area contributed by atoms with Crippen LogP contribution in [0.15, 0.2) is 30.3 Å². The Hall–Kier alpha value is -0.850. The molecule has 7 heteroatoms. The third-order valence-electron chi connectivity index (χ3n) is 3.91. The van der Waals surface area contributed by atoms with Gasteiger partial charge in [0.25, 0.3) is 0 Å². The summed E-state index contributed by atoms with van der Waals surface area (Å²) in [5.41, 5.74) is 7.16. The molecule has 2 N–H and O–H groups in total. The van der Waals surface area contributed by atoms with E-state index in [4.69, 9.17) is 10.5 Å². The Morgan fingerprint density at radius 3 is 2.35 bits per heavy atom. The molecule has 23 heavy (non-hydrogen) atoms. The van der Waals surface area contributed by atoms with Crippen LogP contribution in [0.4, 0.5) is 0 Å². The zero-order chi connectivity index (χ0) is 15.1. The van der Waals surface area contributed by atoms with E-state index in [0.717, 1.165) is 39.1 Å². The number of halogens is 2. The fraction of sp³-hybridized carbons (Fsp3) is 0.562. The number of nitrogens with zero attached hydrogens (tertiary/aromatic N) is 2. The Balaban J connectivity index is 0.00000242. The van der Waals surface area contributed by atoms with Crippen LogP contribution in [-0.4, -0.2) is 68.2 Å². The van der Waals surface area contributed by atoms with Crippen molar-refractivity contribution in [2.45, 2.75) is 12.5 Å². The van der Waals surface area contributed by atoms with Gasteiger partial charge in [0, 0.05) is 39.8 Å². The van der Waals surface area contributed by atoms with Crippen molar-refractivity contribution in [3.63, 3.8) is 0 Å². The first-order chi connectivity index (χ1) is 10.2. The van der Waals surface area contributed by atoms with Gasteiger partial charge in [-0.25, -0.2) is 0 Å². The van der Waals surface area contributed by atoms with Crippen LogP contribution < -0.4 is 5.73 Å². The summed E-state index contributed by atoms with van der Waals surface area (Å²) in [6.45, 7) is 4.66. The highest BCUT2D eigenvalue weighted by atomic mass is 35.5. The van der Waals surface area contributed by atoms with Crippen LogP contribution in [0, 0.1) is 0 Å². The van der Waals surface area contributed by atoms with Gasteiger partial charge in [-0.3, -0.25) is 9.69 Å². The summed E-state index contributed by atoms with van der Waals surface area (Å²) in [6.07, 6.45) is 1.05. The Labute approximate surface area is 151 Å². The quantitative estimate of drug-likeness (QED) is 0.824. The van der Waals surface area contributed by atoms with Crippen molar-refractivity contribution in [1.82, 2.24) is 9.80 Å². The number of carbonyl (C=O) groups excluding carboxylic acids is 1. The molecule has 0 spiro atoms. The lowest BCUT2D eigenvalue weighted by molar-refractivity contribution is -0.135. The topological polar surface area (TPSA) is 58.8 Å². The lowest BCUT2D eigenvalue weighted by Crippen LogP contribution is -2.54. The second-order valence-electron chi connectivity index (χ2n) is 5.46. The maximum absolute atomic E-state index is 12.1. The van der Waals surface area contributed by atoms with Crippen molar-refractivity contribution in [2.24, 2.45) is 5.73 Å². The van der Waals surface area contributed by atoms with E-state index in [1.54, 1.807) is 7.11 Å². The third-order valence-corrected chi connectivity index (χ3v) is 3.91. The molecular formula is C16H27Cl2N3O2. The largest absolute Gasteiger partial charge is 0.383 e. The van der Waals surface area contributed by atoms with E-state index >= 15 is 0 Å². The van der Waals surface area contributed by atoms with Crippen LogP contribution in [0.1, 0.15) is 5.56 Å². The maximum Gasteiger partial charge on any atom is 0.241 e. The Kier molecular flexibility index (Phi) is 11.2. The van der Waals surface area contributed by atoms with E-state index in [0.29, 0.717) is 0 Å². The molecule has 1 unspecified atom stereocenters. The normalized spacial score (nSPS) is 16.2. The minimum Gasteiger partial charge on any atom is -0.383 e. The first-order valence-electron chi connectivity index (χ1n) is 7.50. The lowest BCUT2D eigenvalue weighted by atomic mass is 10.1. The minimum absolute atomic E-state index is 0. The van der Waals surface area contributed by atoms with E-state index < -0.39 is 6.04 Å². The number of amides is 1. The average Bonchev–Trinajstić information content (AvgIpc) is 2.54. The molecule has 0 aliphatic carbocycles. The number of carbonyl (C=O) groups is 1. The van der Waals surface area contributed by atoms with E-state index in [1.807, 2.05) is 11.0 Å². The number of benzene rings is 1. The van der Waals surface area contributed by atoms with Crippen molar-refractivity contribution in [2.75, 3.05) is 46.4 Å². The monoisotopic (exact) mass is 363 g/mol. The first kappa shape index (κ1) is 22.1. The van der Waals surface area contributed by atoms with Gasteiger partial charge < -0.3 is 15.4 Å². The van der Waals surface area contributed by atoms with Gasteiger partial charge in [0.1, 0.15) is 6.04 Å². The lowest BCUT2D eigenvalue weighted by Gasteiger charge is -2.35. The van der Waals surface area contributed by atoms with Crippen LogP contribution >= 0.6 is 24.8 Å². The molecule has 2 rings (SSSR count). The highest BCUT2D eigenvalue weighted by Gasteiger charge is 2.24. The van der Waals surface area contributed by atoms with Gasteiger partial charge in [-0.1, -0.05) is 30.3 Å². The molecule has 0 saturated carbocycles. The molecule has 1 saturated heterocycles. The van der Waals surface area contributed by atoms with Crippen LogP contribution in [0.3, 0.4) is 0 Å². The highest BCUT2D eigenvalue weighted by Crippen LogP contribution is 2.06. The molecule has 1 atom stereocenters. The van der Waals surface area contributed by atoms with E-state index in [1.165, 1.54) is 5.56 Å². The Morgan fingerprint density at radius 1 is 1.17 bits per heavy atom. The highest BCUT2D eigenvalue weighted by molar-refractivity contribution is 5.85. The predicted octanol–water partition coefficient (Wildman–Crippen LogP) is 1.19. The molecule has 1 heterocycles. The average molecular weight is 364 g/mol. The number of hydrogen-bond acceptors (Lipinski definition) is 4. The second kappa shape index (κ2) is 11.6. The number of piperazine rings is 1. The number of hydrogen-bond donors (Lipinski definition) is 1. The predicted molar refractivity (Wildman–Crippen MR) is 97.5 cm³/mol. The smallest absolute Gasteiger partial charge is 0.241 e. The fourth-order valence-electron chi connectivity index (χ4n) is 2.61. The number of ether oxygens (including phenoxy) is 1. The molecule has 5 nitrogen and oxygen atoms in total. The molecule has 1 amide bonds. The molecule has 1 aromatic rings. The summed E-state index contributed by atoms with van der Waals surface area (Å²) in [4.78, 5) is 16.3. The second-order valence-corrected chi connectivity index (χ2v) is 5.46. The molecule has 132 valence electrons. The van der Waals surface area contributed by atoms with Crippen molar-refractivity contribution in [3.8, 4) is 0 Å². The standard InChI is InChI=1S/C16H25N3O2.2ClH/c1-21-13-15(17)16(20)19-11-9-18(10-12-19)8-7-14-5-3-2-4-6-14;;/h2-6,15H,7-13,17H2,1H3;2*1H. The Bertz CT molecular complexity index is 440. The van der Waals surface area contributed by atoms with E-state index in [-0.39, 0.29) is 37.3 Å². The number of nitrogens with two attached hydrogens (primary N) is 1. The van der Waals surface area contributed by atoms with Crippen LogP contribution in [0.25, 0.3) is 0 Å². The summed E-state index contributed by atoms with van der Waals surface area (Å²) in [5.74, 6) is -0.000408. The summed E-state index contributed by atoms with van der Waals surface area (Å²) in [6, 6.07) is 9.96. The van der Waals surface area contributed by atoms with Crippen LogP contribution in [-0.2, 0) is 16.0 Å². The van der Waals surface area contributed by atoms with Gasteiger partial charge in [-0.15, -0.1) is 24.8 Å². The van der Waals surface area contributed by atoms with Crippen LogP contribution in [0.5, 0.6) is 0 Å². The van der Waals surface area contributed by atoms with E-state index in [2.05, 4.69) is 29.2 Å². The molecule has 1 aliphatic heterocycles. The molecule has 1 fully saturated rings. The number of rotatable bonds is 6. The van der Waals surface area contributed by atoms with Crippen molar-refractivity contribution >= 4 is 30.7 Å². The minimum atomic E-state index is -0.536. The van der Waals surface area contributed by atoms with Gasteiger partial charge in [0.05, 0.1) is 6.61 Å². The van der Waals surface area contributed by atoms with Crippen molar-refractivity contribution < 1.29 is 9.53 Å². The molecule has 0 radical (unpaired) electrons. The van der Waals surface area contributed by atoms with Gasteiger partial charge in [0.2, 0.25) is 5.91 Å². The van der Waals surface area contributed by atoms with Gasteiger partial charge in [0.15, 0.2) is 0 Å². The van der Waals surface area contributed by atoms with Gasteiger partial charge in [-0.05, 0) is 12.0 Å². The fourth-order valence-corrected chi connectivity index (χ4v) is 2.61. The zero-order valence-electron chi connectivity index (χ0n) is 13.5. The molecule has 0 bridgehead atoms. The summed E-state index contributed by atoms with van der Waals surface area (Å²) < 4.78 is 4.94. The first-order valence-corrected chi connectivity index (χ1v) is 7.50. The van der Waals surface area contributed by atoms with Crippen molar-refractivity contribution in [1.29, 1.82) is 0 Å². The van der Waals surface area contributed by atoms with Crippen LogP contribution in [0.2, 0.25) is 0 Å². The van der Waals surface area contributed by atoms with Crippen molar-refractivity contribution in [3.05, 3.63) is 35.9 Å². The zero-order valence-corrected chi connectivity index (χ0v) is 15.2. The Morgan fingerprint density at radius 2 is 1.78 bits per heavy atom. The summed E-state index contributed by atoms with van der Waals surface area (Å²) >= 11 is 0. The molecule has 0 aromatic heterocycles. The summed E-state index contributed by atoms with van der Waals surface area (Å²) in [5, 5.41) is 0. The van der Waals surface area contributed by atoms with Gasteiger partial charge in [-0.2, -0.15) is 0 Å². The molecular weight excluding hydrogens is 337 g/mol. The molecule has 1 aromatic carbocycles. The summed E-state index contributed by atoms with van der Waals surface area (Å²) in [7, 11) is 1.56. The molecule has 1 aliphatic rings. The third kappa shape index (κ3) is 7.06. The SMILES string of the molecule is COCC(N)C(=O)N1CCN(CCc2ccccc2)CC1.Cl.Cl. The van der Waals surface area contributed by atoms with Gasteiger partial charge >= 0.3 is 0 Å². The van der Waals surface area contributed by atoms with E-state index in [9.17, 15) is 4.79 Å². The maximum atomic E-state index is 12.1. The number of methoxy groups -OCH3 is 1.